The number of amides is 1. The van der Waals surface area contributed by atoms with Gasteiger partial charge in [0.25, 0.3) is 0 Å². The van der Waals surface area contributed by atoms with E-state index in [1.165, 1.54) is 7.11 Å². The number of fused-ring (bicyclic) bond motifs is 1. The van der Waals surface area contributed by atoms with E-state index in [1.807, 2.05) is 0 Å². The number of carbonyl (C=O) groups excluding carboxylic acids is 2. The second kappa shape index (κ2) is 3.59. The van der Waals surface area contributed by atoms with Crippen LogP contribution in [0.15, 0.2) is 22.7 Å². The summed E-state index contributed by atoms with van der Waals surface area (Å²) < 4.78 is 5.53. The molecule has 0 radical (unpaired) electrons. The average Bonchev–Trinajstić information content (AvgIpc) is 2.50. The standard InChI is InChI=1S/C11H10BrNO3/c1-11(10(15)16-2)7-4-3-6(12)5-8(7)13-9(11)14/h3-5H,1-2H3,(H,13,14)/t11-/m0/s1. The summed E-state index contributed by atoms with van der Waals surface area (Å²) in [5, 5.41) is 2.67. The van der Waals surface area contributed by atoms with Crippen molar-refractivity contribution in [1.29, 1.82) is 0 Å². The van der Waals surface area contributed by atoms with Gasteiger partial charge in [-0.1, -0.05) is 22.0 Å². The highest BCUT2D eigenvalue weighted by Gasteiger charge is 2.50. The van der Waals surface area contributed by atoms with Crippen molar-refractivity contribution >= 4 is 33.5 Å². The monoisotopic (exact) mass is 283 g/mol. The molecule has 1 N–H and O–H groups in total. The quantitative estimate of drug-likeness (QED) is 0.632. The zero-order valence-electron chi connectivity index (χ0n) is 8.83. The molecule has 0 bridgehead atoms. The lowest BCUT2D eigenvalue weighted by atomic mass is 9.84. The Balaban J connectivity index is 2.60. The Kier molecular flexibility index (Phi) is 2.50. The summed E-state index contributed by atoms with van der Waals surface area (Å²) >= 11 is 3.31. The normalized spacial score (nSPS) is 22.6. The summed E-state index contributed by atoms with van der Waals surface area (Å²) in [6.45, 7) is 1.56. The largest absolute Gasteiger partial charge is 0.468 e. The van der Waals surface area contributed by atoms with Crippen LogP contribution in [0, 0.1) is 0 Å². The summed E-state index contributed by atoms with van der Waals surface area (Å²) in [5.41, 5.74) is 0.0463. The minimum Gasteiger partial charge on any atom is -0.468 e. The van der Waals surface area contributed by atoms with E-state index in [4.69, 9.17) is 0 Å². The van der Waals surface area contributed by atoms with Crippen molar-refractivity contribution < 1.29 is 14.3 Å². The van der Waals surface area contributed by atoms with Crippen LogP contribution in [0.3, 0.4) is 0 Å². The molecule has 4 nitrogen and oxygen atoms in total. The average molecular weight is 284 g/mol. The van der Waals surface area contributed by atoms with Gasteiger partial charge in [0.05, 0.1) is 7.11 Å². The number of halogens is 1. The predicted molar refractivity (Wildman–Crippen MR) is 62.1 cm³/mol. The van der Waals surface area contributed by atoms with Crippen molar-refractivity contribution in [2.75, 3.05) is 12.4 Å². The summed E-state index contributed by atoms with van der Waals surface area (Å²) in [6.07, 6.45) is 0. The highest BCUT2D eigenvalue weighted by molar-refractivity contribution is 9.10. The SMILES string of the molecule is COC(=O)[C@]1(C)C(=O)Nc2cc(Br)ccc21. The van der Waals surface area contributed by atoms with Crippen molar-refractivity contribution in [3.63, 3.8) is 0 Å². The van der Waals surface area contributed by atoms with Gasteiger partial charge in [-0.15, -0.1) is 0 Å². The third kappa shape index (κ3) is 1.35. The molecule has 16 heavy (non-hydrogen) atoms. The fourth-order valence-electron chi connectivity index (χ4n) is 1.83. The van der Waals surface area contributed by atoms with Gasteiger partial charge in [0, 0.05) is 15.7 Å². The topological polar surface area (TPSA) is 55.4 Å². The van der Waals surface area contributed by atoms with Crippen LogP contribution >= 0.6 is 15.9 Å². The second-order valence-corrected chi connectivity index (χ2v) is 4.68. The number of hydrogen-bond donors (Lipinski definition) is 1. The van der Waals surface area contributed by atoms with E-state index in [-0.39, 0.29) is 5.91 Å². The molecule has 84 valence electrons. The molecule has 2 rings (SSSR count). The van der Waals surface area contributed by atoms with Gasteiger partial charge in [0.15, 0.2) is 5.41 Å². The highest BCUT2D eigenvalue weighted by atomic mass is 79.9. The Morgan fingerprint density at radius 2 is 2.19 bits per heavy atom. The van der Waals surface area contributed by atoms with Gasteiger partial charge < -0.3 is 10.1 Å². The van der Waals surface area contributed by atoms with Gasteiger partial charge in [0.2, 0.25) is 5.91 Å². The third-order valence-corrected chi connectivity index (χ3v) is 3.31. The Labute approximate surface area is 101 Å². The van der Waals surface area contributed by atoms with Crippen molar-refractivity contribution in [3.05, 3.63) is 28.2 Å². The number of methoxy groups -OCH3 is 1. The Bertz CT molecular complexity index is 486. The molecular weight excluding hydrogens is 274 g/mol. The van der Waals surface area contributed by atoms with Crippen molar-refractivity contribution in [2.45, 2.75) is 12.3 Å². The maximum Gasteiger partial charge on any atom is 0.325 e. The van der Waals surface area contributed by atoms with E-state index in [2.05, 4.69) is 26.0 Å². The smallest absolute Gasteiger partial charge is 0.325 e. The van der Waals surface area contributed by atoms with E-state index in [1.54, 1.807) is 25.1 Å². The van der Waals surface area contributed by atoms with Crippen LogP contribution in [0.5, 0.6) is 0 Å². The number of benzene rings is 1. The molecule has 0 fully saturated rings. The molecule has 0 aromatic heterocycles. The minimum atomic E-state index is -1.25. The Morgan fingerprint density at radius 3 is 2.81 bits per heavy atom. The van der Waals surface area contributed by atoms with E-state index in [0.29, 0.717) is 11.3 Å². The number of nitrogens with one attached hydrogen (secondary N) is 1. The van der Waals surface area contributed by atoms with Crippen LogP contribution in [0.4, 0.5) is 5.69 Å². The van der Waals surface area contributed by atoms with Gasteiger partial charge in [-0.3, -0.25) is 9.59 Å². The van der Waals surface area contributed by atoms with E-state index in [0.717, 1.165) is 4.47 Å². The number of carbonyl (C=O) groups is 2. The zero-order chi connectivity index (χ0) is 11.9. The van der Waals surface area contributed by atoms with Gasteiger partial charge in [-0.2, -0.15) is 0 Å². The van der Waals surface area contributed by atoms with Crippen LogP contribution in [0.2, 0.25) is 0 Å². The number of anilines is 1. The lowest BCUT2D eigenvalue weighted by Gasteiger charge is -2.18. The van der Waals surface area contributed by atoms with Crippen LogP contribution < -0.4 is 5.32 Å². The van der Waals surface area contributed by atoms with Gasteiger partial charge in [-0.05, 0) is 19.1 Å². The molecule has 5 heteroatoms. The fourth-order valence-corrected chi connectivity index (χ4v) is 2.19. The van der Waals surface area contributed by atoms with Gasteiger partial charge in [0.1, 0.15) is 0 Å². The van der Waals surface area contributed by atoms with Crippen LogP contribution in [-0.4, -0.2) is 19.0 Å². The number of rotatable bonds is 1. The van der Waals surface area contributed by atoms with Crippen LogP contribution in [0.1, 0.15) is 12.5 Å². The zero-order valence-corrected chi connectivity index (χ0v) is 10.4. The number of esters is 1. The van der Waals surface area contributed by atoms with Gasteiger partial charge in [-0.25, -0.2) is 0 Å². The first-order valence-electron chi connectivity index (χ1n) is 4.70. The first-order chi connectivity index (χ1) is 7.50. The first kappa shape index (κ1) is 11.1. The molecule has 1 aliphatic rings. The summed E-state index contributed by atoms with van der Waals surface area (Å²) in [4.78, 5) is 23.5. The minimum absolute atomic E-state index is 0.354. The van der Waals surface area contributed by atoms with Crippen molar-refractivity contribution in [2.24, 2.45) is 0 Å². The molecule has 0 saturated carbocycles. The first-order valence-corrected chi connectivity index (χ1v) is 5.49. The summed E-state index contributed by atoms with van der Waals surface area (Å²) in [6, 6.07) is 5.30. The Hall–Kier alpha value is -1.36. The maximum absolute atomic E-state index is 11.8. The lowest BCUT2D eigenvalue weighted by Crippen LogP contribution is -2.40. The number of ether oxygens (including phenoxy) is 1. The molecule has 0 aliphatic carbocycles. The molecule has 0 spiro atoms. The molecule has 1 aromatic rings. The van der Waals surface area contributed by atoms with Crippen LogP contribution in [-0.2, 0) is 19.7 Å². The third-order valence-electron chi connectivity index (χ3n) is 2.82. The van der Waals surface area contributed by atoms with E-state index < -0.39 is 11.4 Å². The second-order valence-electron chi connectivity index (χ2n) is 3.76. The van der Waals surface area contributed by atoms with Crippen molar-refractivity contribution in [1.82, 2.24) is 0 Å². The Morgan fingerprint density at radius 1 is 1.50 bits per heavy atom. The van der Waals surface area contributed by atoms with Crippen LogP contribution in [0.25, 0.3) is 0 Å². The highest BCUT2D eigenvalue weighted by Crippen LogP contribution is 2.39. The molecular formula is C11H10BrNO3. The fraction of sp³-hybridized carbons (Fsp3) is 0.273. The molecule has 1 atom stereocenters. The molecule has 0 saturated heterocycles. The van der Waals surface area contributed by atoms with Crippen molar-refractivity contribution in [3.8, 4) is 0 Å². The summed E-state index contributed by atoms with van der Waals surface area (Å²) in [5.74, 6) is -0.904. The lowest BCUT2D eigenvalue weighted by molar-refractivity contribution is -0.150. The van der Waals surface area contributed by atoms with E-state index in [9.17, 15) is 9.59 Å². The molecule has 1 aliphatic heterocycles. The molecule has 1 aromatic carbocycles. The molecule has 1 amide bonds. The molecule has 1 heterocycles. The summed E-state index contributed by atoms with van der Waals surface area (Å²) in [7, 11) is 1.28. The van der Waals surface area contributed by atoms with Gasteiger partial charge >= 0.3 is 5.97 Å². The number of hydrogen-bond acceptors (Lipinski definition) is 3. The van der Waals surface area contributed by atoms with E-state index >= 15 is 0 Å². The maximum atomic E-state index is 11.8. The molecule has 0 unspecified atom stereocenters. The predicted octanol–water partition coefficient (Wildman–Crippen LogP) is 1.83.